The molecule has 0 saturated heterocycles. The summed E-state index contributed by atoms with van der Waals surface area (Å²) >= 11 is 11.8. The van der Waals surface area contributed by atoms with Gasteiger partial charge < -0.3 is 5.32 Å². The quantitative estimate of drug-likeness (QED) is 0.491. The van der Waals surface area contributed by atoms with E-state index in [4.69, 9.17) is 11.6 Å². The molecule has 0 aliphatic heterocycles. The minimum Gasteiger partial charge on any atom is -0.345 e. The van der Waals surface area contributed by atoms with E-state index in [1.807, 2.05) is 18.2 Å². The van der Waals surface area contributed by atoms with Crippen molar-refractivity contribution in [3.05, 3.63) is 31.8 Å². The molecule has 20 heavy (non-hydrogen) atoms. The molecule has 0 radical (unpaired) electrons. The molecule has 0 atom stereocenters. The summed E-state index contributed by atoms with van der Waals surface area (Å²) in [4.78, 5) is 12.5. The molecule has 1 N–H and O–H groups in total. The van der Waals surface area contributed by atoms with E-state index in [0.29, 0.717) is 11.4 Å². The second-order valence-corrected chi connectivity index (χ2v) is 8.04. The molecular formula is C15H18BrClINO. The van der Waals surface area contributed by atoms with Crippen LogP contribution in [0.25, 0.3) is 0 Å². The topological polar surface area (TPSA) is 29.1 Å². The molecule has 2 rings (SSSR count). The van der Waals surface area contributed by atoms with Gasteiger partial charge in [0.2, 0.25) is 0 Å². The van der Waals surface area contributed by atoms with E-state index >= 15 is 0 Å². The summed E-state index contributed by atoms with van der Waals surface area (Å²) in [5.74, 6) is 1.17. The standard InChI is InChI=1S/C15H18BrClINO/c1-10-4-6-15(9-17,7-5-10)19-14(20)12-8-11(18)2-3-13(12)16/h2-3,8,10H,4-7,9H2,1H3,(H,19,20). The lowest BCUT2D eigenvalue weighted by Crippen LogP contribution is -2.52. The smallest absolute Gasteiger partial charge is 0.252 e. The Balaban J connectivity index is 2.15. The summed E-state index contributed by atoms with van der Waals surface area (Å²) in [6, 6.07) is 5.78. The maximum Gasteiger partial charge on any atom is 0.252 e. The van der Waals surface area contributed by atoms with Gasteiger partial charge in [0.25, 0.3) is 5.91 Å². The molecule has 1 saturated carbocycles. The number of amides is 1. The Kier molecular flexibility index (Phi) is 5.77. The van der Waals surface area contributed by atoms with Gasteiger partial charge >= 0.3 is 0 Å². The molecular weight excluding hydrogens is 452 g/mol. The molecule has 1 aromatic rings. The fourth-order valence-electron chi connectivity index (χ4n) is 2.59. The number of carbonyl (C=O) groups is 1. The first-order valence-corrected chi connectivity index (χ1v) is 9.20. The van der Waals surface area contributed by atoms with Crippen molar-refractivity contribution < 1.29 is 4.79 Å². The summed E-state index contributed by atoms with van der Waals surface area (Å²) in [6.07, 6.45) is 4.18. The van der Waals surface area contributed by atoms with Crippen LogP contribution in [-0.4, -0.2) is 17.3 Å². The normalized spacial score (nSPS) is 26.3. The van der Waals surface area contributed by atoms with Crippen molar-refractivity contribution in [2.24, 2.45) is 5.92 Å². The number of nitrogens with one attached hydrogen (secondary N) is 1. The lowest BCUT2D eigenvalue weighted by atomic mass is 9.78. The summed E-state index contributed by atoms with van der Waals surface area (Å²) < 4.78 is 1.87. The van der Waals surface area contributed by atoms with Gasteiger partial charge in [-0.15, -0.1) is 11.6 Å². The molecule has 0 spiro atoms. The maximum atomic E-state index is 12.5. The monoisotopic (exact) mass is 469 g/mol. The highest BCUT2D eigenvalue weighted by atomic mass is 127. The lowest BCUT2D eigenvalue weighted by molar-refractivity contribution is 0.0871. The van der Waals surface area contributed by atoms with Gasteiger partial charge in [0.05, 0.1) is 11.1 Å². The van der Waals surface area contributed by atoms with Crippen molar-refractivity contribution in [2.45, 2.75) is 38.1 Å². The van der Waals surface area contributed by atoms with E-state index < -0.39 is 0 Å². The SMILES string of the molecule is CC1CCC(CCl)(NC(=O)c2cc(I)ccc2Br)CC1. The molecule has 0 heterocycles. The minimum absolute atomic E-state index is 0.0365. The summed E-state index contributed by atoms with van der Waals surface area (Å²) in [6.45, 7) is 2.26. The van der Waals surface area contributed by atoms with Gasteiger partial charge in [0.15, 0.2) is 0 Å². The second kappa shape index (κ2) is 6.97. The van der Waals surface area contributed by atoms with Gasteiger partial charge in [0, 0.05) is 13.9 Å². The minimum atomic E-state index is -0.244. The number of hydrogen-bond acceptors (Lipinski definition) is 1. The van der Waals surface area contributed by atoms with Crippen LogP contribution in [0.2, 0.25) is 0 Å². The highest BCUT2D eigenvalue weighted by Crippen LogP contribution is 2.33. The average molecular weight is 471 g/mol. The van der Waals surface area contributed by atoms with E-state index in [2.05, 4.69) is 50.8 Å². The van der Waals surface area contributed by atoms with Crippen molar-refractivity contribution in [2.75, 3.05) is 5.88 Å². The Hall–Kier alpha value is 0.190. The van der Waals surface area contributed by atoms with E-state index in [1.165, 1.54) is 0 Å². The predicted octanol–water partition coefficient (Wildman–Crippen LogP) is 4.97. The second-order valence-electron chi connectivity index (χ2n) is 5.67. The van der Waals surface area contributed by atoms with Gasteiger partial charge in [-0.05, 0) is 88.3 Å². The number of benzene rings is 1. The first kappa shape index (κ1) is 16.6. The summed E-state index contributed by atoms with van der Waals surface area (Å²) in [5.41, 5.74) is 0.436. The van der Waals surface area contributed by atoms with Crippen molar-refractivity contribution in [1.82, 2.24) is 5.32 Å². The zero-order valence-corrected chi connectivity index (χ0v) is 15.9. The van der Waals surface area contributed by atoms with E-state index in [1.54, 1.807) is 0 Å². The van der Waals surface area contributed by atoms with Crippen molar-refractivity contribution >= 4 is 56.0 Å². The Bertz CT molecular complexity index is 501. The number of halogens is 3. The Morgan fingerprint density at radius 1 is 1.50 bits per heavy atom. The van der Waals surface area contributed by atoms with Gasteiger partial charge in [0.1, 0.15) is 0 Å². The van der Waals surface area contributed by atoms with Crippen LogP contribution in [0, 0.1) is 9.49 Å². The molecule has 0 aromatic heterocycles. The zero-order valence-electron chi connectivity index (χ0n) is 11.4. The first-order valence-electron chi connectivity index (χ1n) is 6.79. The lowest BCUT2D eigenvalue weighted by Gasteiger charge is -2.38. The fourth-order valence-corrected chi connectivity index (χ4v) is 3.84. The molecule has 2 nitrogen and oxygen atoms in total. The van der Waals surface area contributed by atoms with E-state index in [9.17, 15) is 4.79 Å². The molecule has 1 aromatic carbocycles. The molecule has 0 bridgehead atoms. The Morgan fingerprint density at radius 3 is 2.75 bits per heavy atom. The van der Waals surface area contributed by atoms with Crippen molar-refractivity contribution in [1.29, 1.82) is 0 Å². The van der Waals surface area contributed by atoms with Crippen LogP contribution >= 0.6 is 50.1 Å². The summed E-state index contributed by atoms with van der Waals surface area (Å²) in [5, 5.41) is 3.18. The molecule has 1 fully saturated rings. The van der Waals surface area contributed by atoms with Crippen LogP contribution in [0.1, 0.15) is 43.0 Å². The van der Waals surface area contributed by atoms with Crippen LogP contribution in [0.4, 0.5) is 0 Å². The van der Waals surface area contributed by atoms with Crippen LogP contribution < -0.4 is 5.32 Å². The first-order chi connectivity index (χ1) is 9.46. The highest BCUT2D eigenvalue weighted by molar-refractivity contribution is 14.1. The molecule has 1 amide bonds. The predicted molar refractivity (Wildman–Crippen MR) is 95.4 cm³/mol. The van der Waals surface area contributed by atoms with Crippen LogP contribution in [0.15, 0.2) is 22.7 Å². The zero-order chi connectivity index (χ0) is 14.8. The third-order valence-electron chi connectivity index (χ3n) is 4.04. The van der Waals surface area contributed by atoms with Gasteiger partial charge in [-0.2, -0.15) is 0 Å². The Labute approximate surface area is 147 Å². The molecule has 0 unspecified atom stereocenters. The third-order valence-corrected chi connectivity index (χ3v) is 5.91. The van der Waals surface area contributed by atoms with Crippen LogP contribution in [0.5, 0.6) is 0 Å². The highest BCUT2D eigenvalue weighted by Gasteiger charge is 2.35. The molecule has 1 aliphatic carbocycles. The fraction of sp³-hybridized carbons (Fsp3) is 0.533. The van der Waals surface area contributed by atoms with Crippen molar-refractivity contribution in [3.8, 4) is 0 Å². The van der Waals surface area contributed by atoms with Gasteiger partial charge in [-0.25, -0.2) is 0 Å². The Morgan fingerprint density at radius 2 is 2.15 bits per heavy atom. The molecule has 1 aliphatic rings. The number of hydrogen-bond donors (Lipinski definition) is 1. The largest absolute Gasteiger partial charge is 0.345 e. The van der Waals surface area contributed by atoms with Gasteiger partial charge in [-0.3, -0.25) is 4.79 Å². The number of rotatable bonds is 3. The van der Waals surface area contributed by atoms with E-state index in [-0.39, 0.29) is 11.4 Å². The molecule has 5 heteroatoms. The average Bonchev–Trinajstić information content (AvgIpc) is 2.44. The maximum absolute atomic E-state index is 12.5. The molecule has 110 valence electrons. The summed E-state index contributed by atoms with van der Waals surface area (Å²) in [7, 11) is 0. The van der Waals surface area contributed by atoms with Crippen LogP contribution in [-0.2, 0) is 0 Å². The van der Waals surface area contributed by atoms with E-state index in [0.717, 1.165) is 39.6 Å². The van der Waals surface area contributed by atoms with Crippen LogP contribution in [0.3, 0.4) is 0 Å². The number of carbonyl (C=O) groups excluding carboxylic acids is 1. The van der Waals surface area contributed by atoms with Gasteiger partial charge in [-0.1, -0.05) is 6.92 Å². The third kappa shape index (κ3) is 3.89. The number of alkyl halides is 1. The van der Waals surface area contributed by atoms with Crippen molar-refractivity contribution in [3.63, 3.8) is 0 Å².